The van der Waals surface area contributed by atoms with Crippen molar-refractivity contribution in [1.29, 1.82) is 0 Å². The van der Waals surface area contributed by atoms with Crippen molar-refractivity contribution in [2.75, 3.05) is 0 Å². The number of aromatic hydroxyl groups is 2. The summed E-state index contributed by atoms with van der Waals surface area (Å²) in [6.07, 6.45) is 8.89. The van der Waals surface area contributed by atoms with Crippen molar-refractivity contribution in [2.45, 2.75) is 137 Å². The first-order valence-electron chi connectivity index (χ1n) is 16.2. The molecule has 0 saturated heterocycles. The van der Waals surface area contributed by atoms with Gasteiger partial charge in [0.25, 0.3) is 0 Å². The van der Waals surface area contributed by atoms with Crippen LogP contribution in [0.15, 0.2) is 34.3 Å². The van der Waals surface area contributed by atoms with E-state index in [2.05, 4.69) is 79.7 Å². The van der Waals surface area contributed by atoms with Crippen LogP contribution in [0.5, 0.6) is 11.5 Å². The first kappa shape index (κ1) is 42.8. The largest absolute Gasteiger partial charge is 2.00 e. The molecule has 2 aromatic rings. The molecule has 0 aromatic heterocycles. The quantitative estimate of drug-likeness (QED) is 0.280. The van der Waals surface area contributed by atoms with Gasteiger partial charge in [0.15, 0.2) is 0 Å². The van der Waals surface area contributed by atoms with Crippen LogP contribution in [0, 0.1) is 0 Å². The van der Waals surface area contributed by atoms with Gasteiger partial charge >= 0.3 is 16.8 Å². The van der Waals surface area contributed by atoms with Crippen LogP contribution in [-0.4, -0.2) is 46.7 Å². The first-order chi connectivity index (χ1) is 21.0. The van der Waals surface area contributed by atoms with Crippen LogP contribution in [0.4, 0.5) is 0 Å². The van der Waals surface area contributed by atoms with Gasteiger partial charge in [-0.15, -0.1) is 0 Å². The van der Waals surface area contributed by atoms with Gasteiger partial charge in [-0.2, -0.15) is 0 Å². The SMILES string of the molecule is CC(=O)[O-].CC(=O)[O-].CCC(C)c1cc(C=NC2CCCC2N=Cc2cc(C(C)CC)cc(C(C)C)c2O)c(O)c(C(C)C)c1.[Co+2]. The fourth-order valence-corrected chi connectivity index (χ4v) is 5.15. The number of aliphatic imine (C=N–C) groups is 2. The number of benzene rings is 2. The Morgan fingerprint density at radius 1 is 0.739 bits per heavy atom. The van der Waals surface area contributed by atoms with Crippen LogP contribution in [-0.2, 0) is 26.4 Å². The standard InChI is InChI=1S/C33H48N2O2.2C2H4O2.Co/c1-9-22(7)24-14-26(32(36)28(16-24)20(3)4)18-34-30-12-11-13-31(30)35-19-27-15-25(23(8)10-2)17-29(21(5)6)33(27)37;2*1-2(3)4;/h14-23,30-31,36-37H,9-13H2,1-8H3;2*1H3,(H,3,4);/q;;;+2/p-2. The van der Waals surface area contributed by atoms with Gasteiger partial charge in [0.1, 0.15) is 11.5 Å². The number of carboxylic acid groups (broad SMARTS) is 2. The number of hydrogen-bond acceptors (Lipinski definition) is 8. The number of phenolic OH excluding ortho intramolecular Hbond substituents is 2. The number of phenols is 2. The fraction of sp³-hybridized carbons (Fsp3) is 0.568. The molecule has 0 aliphatic heterocycles. The predicted octanol–water partition coefficient (Wildman–Crippen LogP) is 6.34. The van der Waals surface area contributed by atoms with Gasteiger partial charge in [0.2, 0.25) is 0 Å². The molecule has 46 heavy (non-hydrogen) atoms. The molecule has 2 N–H and O–H groups in total. The molecule has 0 heterocycles. The Morgan fingerprint density at radius 3 is 1.30 bits per heavy atom. The molecule has 1 aliphatic carbocycles. The smallest absolute Gasteiger partial charge is 0.550 e. The summed E-state index contributed by atoms with van der Waals surface area (Å²) in [5.41, 5.74) is 6.08. The van der Waals surface area contributed by atoms with E-state index >= 15 is 0 Å². The van der Waals surface area contributed by atoms with Crippen LogP contribution < -0.4 is 10.2 Å². The molecule has 0 bridgehead atoms. The molecule has 1 aliphatic rings. The fourth-order valence-electron chi connectivity index (χ4n) is 5.15. The number of nitrogens with zero attached hydrogens (tertiary/aromatic N) is 2. The van der Waals surface area contributed by atoms with Crippen LogP contribution in [0.3, 0.4) is 0 Å². The van der Waals surface area contributed by atoms with Crippen LogP contribution in [0.2, 0.25) is 0 Å². The van der Waals surface area contributed by atoms with E-state index in [9.17, 15) is 10.2 Å². The third-order valence-electron chi connectivity index (χ3n) is 8.24. The Labute approximate surface area is 286 Å². The summed E-state index contributed by atoms with van der Waals surface area (Å²) in [7, 11) is 0. The second-order valence-corrected chi connectivity index (χ2v) is 12.6. The van der Waals surface area contributed by atoms with E-state index < -0.39 is 11.9 Å². The molecule has 257 valence electrons. The summed E-state index contributed by atoms with van der Waals surface area (Å²) in [5.74, 6) is -0.120. The van der Waals surface area contributed by atoms with Crippen LogP contribution in [0.1, 0.15) is 158 Å². The van der Waals surface area contributed by atoms with Gasteiger partial charge in [-0.25, -0.2) is 0 Å². The Balaban J connectivity index is 0.00000201. The Kier molecular flexibility index (Phi) is 19.4. The van der Waals surface area contributed by atoms with Crippen molar-refractivity contribution >= 4 is 24.4 Å². The average molecular weight is 682 g/mol. The van der Waals surface area contributed by atoms with Gasteiger partial charge in [0.05, 0.1) is 12.1 Å². The second kappa shape index (κ2) is 20.8. The zero-order valence-corrected chi connectivity index (χ0v) is 30.3. The Hall–Kier alpha value is -3.17. The molecule has 4 atom stereocenters. The normalized spacial score (nSPS) is 17.2. The molecule has 3 rings (SSSR count). The maximum atomic E-state index is 11.0. The predicted molar refractivity (Wildman–Crippen MR) is 180 cm³/mol. The molecule has 0 amide bonds. The minimum absolute atomic E-state index is 0. The topological polar surface area (TPSA) is 145 Å². The van der Waals surface area contributed by atoms with E-state index in [1.54, 1.807) is 0 Å². The molecular weight excluding hydrogens is 627 g/mol. The third-order valence-corrected chi connectivity index (χ3v) is 8.24. The van der Waals surface area contributed by atoms with Gasteiger partial charge in [-0.1, -0.05) is 67.5 Å². The summed E-state index contributed by atoms with van der Waals surface area (Å²) >= 11 is 0. The van der Waals surface area contributed by atoms with E-state index in [0.717, 1.165) is 68.2 Å². The molecule has 0 spiro atoms. The van der Waals surface area contributed by atoms with Crippen molar-refractivity contribution in [3.8, 4) is 11.5 Å². The van der Waals surface area contributed by atoms with Crippen molar-refractivity contribution in [3.05, 3.63) is 57.6 Å². The van der Waals surface area contributed by atoms with E-state index in [1.165, 1.54) is 11.1 Å². The maximum Gasteiger partial charge on any atom is 2.00 e. The number of hydrogen-bond donors (Lipinski definition) is 2. The summed E-state index contributed by atoms with van der Waals surface area (Å²) in [5, 5.41) is 39.7. The Bertz CT molecular complexity index is 1210. The van der Waals surface area contributed by atoms with E-state index in [4.69, 9.17) is 29.8 Å². The molecule has 4 unspecified atom stereocenters. The summed E-state index contributed by atoms with van der Waals surface area (Å²) < 4.78 is 0. The van der Waals surface area contributed by atoms with E-state index in [-0.39, 0.29) is 40.7 Å². The van der Waals surface area contributed by atoms with Crippen molar-refractivity contribution in [2.24, 2.45) is 9.98 Å². The van der Waals surface area contributed by atoms with Crippen molar-refractivity contribution in [3.63, 3.8) is 0 Å². The number of rotatable bonds is 10. The Morgan fingerprint density at radius 2 is 1.04 bits per heavy atom. The van der Waals surface area contributed by atoms with Crippen molar-refractivity contribution in [1.82, 2.24) is 0 Å². The minimum Gasteiger partial charge on any atom is -0.550 e. The van der Waals surface area contributed by atoms with E-state index in [0.29, 0.717) is 23.3 Å². The minimum atomic E-state index is -1.08. The monoisotopic (exact) mass is 681 g/mol. The maximum absolute atomic E-state index is 11.0. The zero-order chi connectivity index (χ0) is 34.4. The molecule has 1 saturated carbocycles. The molecule has 8 nitrogen and oxygen atoms in total. The molecule has 1 fully saturated rings. The van der Waals surface area contributed by atoms with Gasteiger partial charge < -0.3 is 30.0 Å². The zero-order valence-electron chi connectivity index (χ0n) is 29.2. The van der Waals surface area contributed by atoms with Gasteiger partial charge in [0, 0.05) is 35.5 Å². The van der Waals surface area contributed by atoms with Crippen LogP contribution in [0.25, 0.3) is 0 Å². The van der Waals surface area contributed by atoms with E-state index in [1.807, 2.05) is 12.4 Å². The molecule has 2 aromatic carbocycles. The second-order valence-electron chi connectivity index (χ2n) is 12.6. The molecule has 1 radical (unpaired) electrons. The number of aliphatic carboxylic acids is 2. The summed E-state index contributed by atoms with van der Waals surface area (Å²) in [6, 6.07) is 8.65. The van der Waals surface area contributed by atoms with Gasteiger partial charge in [-0.3, -0.25) is 9.98 Å². The van der Waals surface area contributed by atoms with Crippen molar-refractivity contribution < 1.29 is 46.8 Å². The molecular formula is C37H54CoN2O6. The first-order valence-corrected chi connectivity index (χ1v) is 16.2. The van der Waals surface area contributed by atoms with Crippen LogP contribution >= 0.6 is 0 Å². The average Bonchev–Trinajstić information content (AvgIpc) is 3.41. The van der Waals surface area contributed by atoms with Gasteiger partial charge in [-0.05, 0) is 104 Å². The number of carbonyl (C=O) groups is 2. The number of carbonyl (C=O) groups excluding carboxylic acids is 2. The third kappa shape index (κ3) is 13.7. The molecule has 9 heteroatoms. The summed E-state index contributed by atoms with van der Waals surface area (Å²) in [6.45, 7) is 19.3. The summed E-state index contributed by atoms with van der Waals surface area (Å²) in [4.78, 5) is 27.7. The number of carboxylic acids is 2.